The van der Waals surface area contributed by atoms with Gasteiger partial charge in [0.15, 0.2) is 0 Å². The molecule has 23 heavy (non-hydrogen) atoms. The van der Waals surface area contributed by atoms with Crippen molar-refractivity contribution in [1.29, 1.82) is 0 Å². The highest BCUT2D eigenvalue weighted by Crippen LogP contribution is 2.17. The largest absolute Gasteiger partial charge is 0.466 e. The molecule has 2 rings (SSSR count). The predicted octanol–water partition coefficient (Wildman–Crippen LogP) is 0.0464. The van der Waals surface area contributed by atoms with Gasteiger partial charge in [0.1, 0.15) is 6.04 Å². The number of hydrogen-bond acceptors (Lipinski definition) is 5. The minimum absolute atomic E-state index is 0.0982. The smallest absolute Gasteiger partial charge is 0.310 e. The van der Waals surface area contributed by atoms with Crippen LogP contribution in [0.15, 0.2) is 0 Å². The average Bonchev–Trinajstić information content (AvgIpc) is 2.73. The molecular weight excluding hydrogens is 298 g/mol. The van der Waals surface area contributed by atoms with Crippen molar-refractivity contribution < 1.29 is 19.1 Å². The van der Waals surface area contributed by atoms with E-state index in [2.05, 4.69) is 10.6 Å². The van der Waals surface area contributed by atoms with E-state index in [-0.39, 0.29) is 30.2 Å². The second-order valence-corrected chi connectivity index (χ2v) is 6.23. The molecule has 0 aromatic rings. The van der Waals surface area contributed by atoms with E-state index in [4.69, 9.17) is 4.74 Å². The molecule has 0 aromatic heterocycles. The van der Waals surface area contributed by atoms with E-state index in [1.165, 1.54) is 0 Å². The molecule has 2 amide bonds. The van der Waals surface area contributed by atoms with Gasteiger partial charge in [-0.1, -0.05) is 0 Å². The number of hydrogen-bond donors (Lipinski definition) is 2. The lowest BCUT2D eigenvalue weighted by molar-refractivity contribution is -0.150. The van der Waals surface area contributed by atoms with Crippen LogP contribution in [0.3, 0.4) is 0 Å². The van der Waals surface area contributed by atoms with Crippen LogP contribution >= 0.6 is 0 Å². The van der Waals surface area contributed by atoms with Gasteiger partial charge in [-0.3, -0.25) is 19.3 Å². The lowest BCUT2D eigenvalue weighted by Crippen LogP contribution is -2.50. The van der Waals surface area contributed by atoms with Gasteiger partial charge in [0, 0.05) is 13.1 Å². The minimum atomic E-state index is -0.435. The Morgan fingerprint density at radius 2 is 2.13 bits per heavy atom. The first kappa shape index (κ1) is 17.7. The van der Waals surface area contributed by atoms with Gasteiger partial charge in [0.2, 0.25) is 11.8 Å². The lowest BCUT2D eigenvalue weighted by atomic mass is 9.98. The number of ether oxygens (including phenoxy) is 1. The highest BCUT2D eigenvalue weighted by molar-refractivity contribution is 5.88. The molecule has 2 aliphatic rings. The van der Waals surface area contributed by atoms with Gasteiger partial charge >= 0.3 is 5.97 Å². The van der Waals surface area contributed by atoms with Crippen molar-refractivity contribution in [3.8, 4) is 0 Å². The van der Waals surface area contributed by atoms with Crippen molar-refractivity contribution in [2.45, 2.75) is 45.1 Å². The van der Waals surface area contributed by atoms with Gasteiger partial charge in [0.25, 0.3) is 0 Å². The molecule has 0 spiro atoms. The summed E-state index contributed by atoms with van der Waals surface area (Å²) in [5.74, 6) is -0.589. The fourth-order valence-electron chi connectivity index (χ4n) is 3.17. The predicted molar refractivity (Wildman–Crippen MR) is 84.6 cm³/mol. The van der Waals surface area contributed by atoms with E-state index in [0.717, 1.165) is 32.2 Å². The van der Waals surface area contributed by atoms with Crippen molar-refractivity contribution in [2.75, 3.05) is 32.8 Å². The highest BCUT2D eigenvalue weighted by Gasteiger charge is 2.29. The summed E-state index contributed by atoms with van der Waals surface area (Å²) < 4.78 is 5.07. The van der Waals surface area contributed by atoms with Crippen LogP contribution in [0.25, 0.3) is 0 Å². The zero-order chi connectivity index (χ0) is 16.7. The molecule has 2 saturated heterocycles. The highest BCUT2D eigenvalue weighted by atomic mass is 16.5. The zero-order valence-electron chi connectivity index (χ0n) is 13.8. The molecule has 2 fully saturated rings. The fourth-order valence-corrected chi connectivity index (χ4v) is 3.17. The SMILES string of the molecule is CCOC(=O)[C@@H]1CCCN(CC(=O)N[C@H]2CCCCNC2=O)C1. The average molecular weight is 325 g/mol. The van der Waals surface area contributed by atoms with Crippen molar-refractivity contribution in [1.82, 2.24) is 15.5 Å². The van der Waals surface area contributed by atoms with Gasteiger partial charge in [-0.2, -0.15) is 0 Å². The van der Waals surface area contributed by atoms with Gasteiger partial charge in [0.05, 0.1) is 19.1 Å². The van der Waals surface area contributed by atoms with E-state index < -0.39 is 6.04 Å². The van der Waals surface area contributed by atoms with Crippen molar-refractivity contribution >= 4 is 17.8 Å². The Kier molecular flexibility index (Phi) is 6.83. The van der Waals surface area contributed by atoms with Crippen molar-refractivity contribution in [3.63, 3.8) is 0 Å². The monoisotopic (exact) mass is 325 g/mol. The summed E-state index contributed by atoms with van der Waals surface area (Å²) in [6.07, 6.45) is 4.25. The van der Waals surface area contributed by atoms with Crippen LogP contribution in [-0.2, 0) is 19.1 Å². The summed E-state index contributed by atoms with van der Waals surface area (Å²) in [6.45, 7) is 4.41. The first-order chi connectivity index (χ1) is 11.1. The maximum absolute atomic E-state index is 12.2. The Bertz CT molecular complexity index is 441. The summed E-state index contributed by atoms with van der Waals surface area (Å²) in [5.41, 5.74) is 0. The summed E-state index contributed by atoms with van der Waals surface area (Å²) in [4.78, 5) is 37.8. The van der Waals surface area contributed by atoms with Crippen LogP contribution in [0.2, 0.25) is 0 Å². The van der Waals surface area contributed by atoms with E-state index in [9.17, 15) is 14.4 Å². The fraction of sp³-hybridized carbons (Fsp3) is 0.812. The van der Waals surface area contributed by atoms with Crippen molar-refractivity contribution in [3.05, 3.63) is 0 Å². The molecule has 7 heteroatoms. The molecule has 130 valence electrons. The van der Waals surface area contributed by atoms with E-state index in [1.54, 1.807) is 6.92 Å². The van der Waals surface area contributed by atoms with Crippen LogP contribution in [-0.4, -0.2) is 61.5 Å². The number of carbonyl (C=O) groups is 3. The molecule has 0 saturated carbocycles. The molecular formula is C16H27N3O4. The number of nitrogens with one attached hydrogen (secondary N) is 2. The quantitative estimate of drug-likeness (QED) is 0.697. The standard InChI is InChI=1S/C16H27N3O4/c1-2-23-16(22)12-6-5-9-19(10-12)11-14(20)18-13-7-3-4-8-17-15(13)21/h12-13H,2-11H2,1H3,(H,17,21)(H,18,20)/t12-,13+/m1/s1. The van der Waals surface area contributed by atoms with Crippen LogP contribution in [0, 0.1) is 5.92 Å². The molecule has 0 radical (unpaired) electrons. The number of amides is 2. The lowest BCUT2D eigenvalue weighted by Gasteiger charge is -2.31. The van der Waals surface area contributed by atoms with Crippen LogP contribution in [0.5, 0.6) is 0 Å². The Labute approximate surface area is 137 Å². The summed E-state index contributed by atoms with van der Waals surface area (Å²) >= 11 is 0. The molecule has 0 aliphatic carbocycles. The third kappa shape index (κ3) is 5.49. The van der Waals surface area contributed by atoms with E-state index >= 15 is 0 Å². The number of piperidine rings is 1. The van der Waals surface area contributed by atoms with Gasteiger partial charge < -0.3 is 15.4 Å². The Balaban J connectivity index is 1.79. The number of carbonyl (C=O) groups excluding carboxylic acids is 3. The first-order valence-electron chi connectivity index (χ1n) is 8.56. The molecule has 2 atom stereocenters. The van der Waals surface area contributed by atoms with E-state index in [0.29, 0.717) is 26.1 Å². The minimum Gasteiger partial charge on any atom is -0.466 e. The summed E-state index contributed by atoms with van der Waals surface area (Å²) in [5, 5.41) is 5.63. The molecule has 2 N–H and O–H groups in total. The number of esters is 1. The van der Waals surface area contributed by atoms with E-state index in [1.807, 2.05) is 4.90 Å². The van der Waals surface area contributed by atoms with Crippen LogP contribution < -0.4 is 10.6 Å². The zero-order valence-corrected chi connectivity index (χ0v) is 13.8. The molecule has 2 aliphatic heterocycles. The van der Waals surface area contributed by atoms with Crippen LogP contribution in [0.4, 0.5) is 0 Å². The summed E-state index contributed by atoms with van der Waals surface area (Å²) in [6, 6.07) is -0.435. The van der Waals surface area contributed by atoms with Gasteiger partial charge in [-0.05, 0) is 45.6 Å². The third-order valence-electron chi connectivity index (χ3n) is 4.36. The second kappa shape index (κ2) is 8.86. The summed E-state index contributed by atoms with van der Waals surface area (Å²) in [7, 11) is 0. The normalized spacial score (nSPS) is 26.0. The number of likely N-dealkylation sites (tertiary alicyclic amines) is 1. The Morgan fingerprint density at radius 3 is 2.91 bits per heavy atom. The second-order valence-electron chi connectivity index (χ2n) is 6.23. The first-order valence-corrected chi connectivity index (χ1v) is 8.56. The maximum Gasteiger partial charge on any atom is 0.310 e. The van der Waals surface area contributed by atoms with Crippen molar-refractivity contribution in [2.24, 2.45) is 5.92 Å². The molecule has 7 nitrogen and oxygen atoms in total. The van der Waals surface area contributed by atoms with Crippen LogP contribution in [0.1, 0.15) is 39.0 Å². The Hall–Kier alpha value is -1.63. The molecule has 0 bridgehead atoms. The Morgan fingerprint density at radius 1 is 1.30 bits per heavy atom. The van der Waals surface area contributed by atoms with Gasteiger partial charge in [-0.15, -0.1) is 0 Å². The molecule has 2 heterocycles. The third-order valence-corrected chi connectivity index (χ3v) is 4.36. The number of rotatable bonds is 5. The topological polar surface area (TPSA) is 87.7 Å². The molecule has 0 aromatic carbocycles. The number of nitrogens with zero attached hydrogens (tertiary/aromatic N) is 1. The van der Waals surface area contributed by atoms with Gasteiger partial charge in [-0.25, -0.2) is 0 Å². The maximum atomic E-state index is 12.2. The molecule has 0 unspecified atom stereocenters.